The normalized spacial score (nSPS) is 13.5. The van der Waals surface area contributed by atoms with E-state index >= 15 is 0 Å². The molecule has 0 aliphatic carbocycles. The van der Waals surface area contributed by atoms with Gasteiger partial charge in [0.05, 0.1) is 1.37 Å². The molecule has 7 heteroatoms. The number of fused-ring (bicyclic) bond motifs is 5. The van der Waals surface area contributed by atoms with E-state index in [2.05, 4.69) is 48.5 Å². The molecule has 1 aromatic heterocycles. The molecule has 49 heavy (non-hydrogen) atoms. The largest absolute Gasteiger partial charge is 0.512 e. The maximum atomic E-state index is 12.3. The van der Waals surface area contributed by atoms with Gasteiger partial charge in [0.15, 0.2) is 5.78 Å². The van der Waals surface area contributed by atoms with Gasteiger partial charge in [-0.25, -0.2) is 0 Å². The van der Waals surface area contributed by atoms with Crippen molar-refractivity contribution in [3.05, 3.63) is 109 Å². The van der Waals surface area contributed by atoms with Crippen LogP contribution in [-0.2, 0) is 24.9 Å². The molecule has 0 saturated heterocycles. The van der Waals surface area contributed by atoms with E-state index < -0.39 is 10.8 Å². The average Bonchev–Trinajstić information content (AvgIpc) is 3.16. The van der Waals surface area contributed by atoms with Crippen LogP contribution in [0, 0.1) is 16.9 Å². The number of para-hydroxylation sites is 2. The van der Waals surface area contributed by atoms with E-state index in [1.165, 1.54) is 0 Å². The maximum Gasteiger partial charge on any atom is 0.239 e. The molecule has 0 atom stereocenters. The summed E-state index contributed by atoms with van der Waals surface area (Å²) in [6, 6.07) is 31.9. The second kappa shape index (κ2) is 14.7. The van der Waals surface area contributed by atoms with Crippen LogP contribution in [0.15, 0.2) is 103 Å². The van der Waals surface area contributed by atoms with Crippen molar-refractivity contribution in [1.82, 2.24) is 4.98 Å². The Labute approximate surface area is 305 Å². The Morgan fingerprint density at radius 1 is 0.837 bits per heavy atom. The summed E-state index contributed by atoms with van der Waals surface area (Å²) in [6.07, 6.45) is 4.73. The fourth-order valence-corrected chi connectivity index (χ4v) is 6.30. The summed E-state index contributed by atoms with van der Waals surface area (Å²) in [5.41, 5.74) is 4.04. The minimum absolute atomic E-state index is 0. The summed E-state index contributed by atoms with van der Waals surface area (Å²) in [7, 11) is 0. The molecule has 253 valence electrons. The molecule has 1 radical (unpaired) electrons. The van der Waals surface area contributed by atoms with E-state index in [1.54, 1.807) is 0 Å². The van der Waals surface area contributed by atoms with Crippen molar-refractivity contribution >= 4 is 39.7 Å². The van der Waals surface area contributed by atoms with Crippen LogP contribution in [0.1, 0.15) is 68.6 Å². The molecule has 4 aromatic carbocycles. The Kier molecular flexibility index (Phi) is 10.4. The molecule has 2 aliphatic rings. The number of hydrogen-bond donors (Lipinski definition) is 1. The molecule has 0 saturated carbocycles. The first-order valence-corrected chi connectivity index (χ1v) is 17.0. The number of hydrogen-bond acceptors (Lipinski definition) is 5. The van der Waals surface area contributed by atoms with Gasteiger partial charge in [0.1, 0.15) is 17.3 Å². The summed E-state index contributed by atoms with van der Waals surface area (Å²) in [4.78, 5) is 17.1. The third-order valence-corrected chi connectivity index (χ3v) is 10.6. The van der Waals surface area contributed by atoms with Gasteiger partial charge in [-0.1, -0.05) is 119 Å². The summed E-state index contributed by atoms with van der Waals surface area (Å²) in [6.45, 7) is 11.7. The first kappa shape index (κ1) is 34.7. The van der Waals surface area contributed by atoms with Gasteiger partial charge in [-0.3, -0.25) is 4.79 Å². The van der Waals surface area contributed by atoms with Crippen molar-refractivity contribution < 1.29 is 40.9 Å². The number of carbonyl (C=O) groups excluding carboxylic acids is 1. The number of benzene rings is 4. The minimum atomic E-state index is -0.534. The van der Waals surface area contributed by atoms with Crippen LogP contribution >= 0.6 is 0 Å². The predicted octanol–water partition coefficient (Wildman–Crippen LogP) is 9.08. The smallest absolute Gasteiger partial charge is 0.239 e. The van der Waals surface area contributed by atoms with Crippen LogP contribution in [0.3, 0.4) is 0 Å². The van der Waals surface area contributed by atoms with Crippen molar-refractivity contribution in [3.8, 4) is 34.3 Å². The number of aliphatic hydroxyl groups excluding tert-OH is 1. The third-order valence-electron chi connectivity index (χ3n) is 10.6. The Bertz CT molecular complexity index is 2060. The van der Waals surface area contributed by atoms with Gasteiger partial charge in [-0.15, -0.1) is 12.1 Å². The first-order valence-electron chi connectivity index (χ1n) is 17.5. The zero-order chi connectivity index (χ0) is 34.9. The van der Waals surface area contributed by atoms with Crippen LogP contribution < -0.4 is 25.9 Å². The molecule has 7 rings (SSSR count). The molecular weight excluding hydrogens is 785 g/mol. The Balaban J connectivity index is 0.000000223. The predicted molar refractivity (Wildman–Crippen MR) is 197 cm³/mol. The first-order chi connectivity index (χ1) is 23.6. The molecule has 0 bridgehead atoms. The van der Waals surface area contributed by atoms with Crippen molar-refractivity contribution in [2.75, 3.05) is 0 Å². The van der Waals surface area contributed by atoms with Crippen molar-refractivity contribution in [3.63, 3.8) is 0 Å². The number of allylic oxidation sites excluding steroid dienone is 2. The second-order valence-electron chi connectivity index (χ2n) is 13.2. The number of pyridine rings is 1. The number of aliphatic hydroxyl groups is 1. The fraction of sp³-hybridized carbons (Fsp3) is 0.286. The molecule has 0 unspecified atom stereocenters. The summed E-state index contributed by atoms with van der Waals surface area (Å²) < 4.78 is 20.7. The van der Waals surface area contributed by atoms with Crippen LogP contribution in [0.25, 0.3) is 22.0 Å². The van der Waals surface area contributed by atoms with Crippen molar-refractivity contribution in [2.45, 2.75) is 67.2 Å². The average molecular weight is 830 g/mol. The fourth-order valence-electron chi connectivity index (χ4n) is 6.30. The van der Waals surface area contributed by atoms with Gasteiger partial charge >= 0.3 is 0 Å². The van der Waals surface area contributed by atoms with E-state index in [4.69, 9.17) is 15.8 Å². The van der Waals surface area contributed by atoms with E-state index in [9.17, 15) is 9.90 Å². The number of aromatic nitrogens is 1. The number of rotatable bonds is 8. The van der Waals surface area contributed by atoms with Crippen LogP contribution in [0.4, 0.5) is 0 Å². The van der Waals surface area contributed by atoms with E-state index in [1.807, 2.05) is 90.2 Å². The molecule has 1 N–H and O–H groups in total. The van der Waals surface area contributed by atoms with Crippen LogP contribution in [-0.4, -0.2) is 22.6 Å². The number of ketones is 1. The molecule has 0 amide bonds. The maximum absolute atomic E-state index is 12.3. The van der Waals surface area contributed by atoms with Gasteiger partial charge in [0.2, 0.25) is 6.71 Å². The zero-order valence-electron chi connectivity index (χ0n) is 30.0. The van der Waals surface area contributed by atoms with Crippen molar-refractivity contribution in [1.29, 1.82) is 0 Å². The molecule has 0 spiro atoms. The van der Waals surface area contributed by atoms with E-state index in [0.717, 1.165) is 74.3 Å². The molecule has 2 aliphatic heterocycles. The Hall–Kier alpha value is -4.19. The molecule has 3 heterocycles. The molecule has 5 aromatic rings. The minimum Gasteiger partial charge on any atom is -0.512 e. The zero-order valence-corrected chi connectivity index (χ0v) is 31.4. The van der Waals surface area contributed by atoms with E-state index in [0.29, 0.717) is 12.8 Å². The summed E-state index contributed by atoms with van der Waals surface area (Å²) in [5.74, 6) is 3.02. The Morgan fingerprint density at radius 3 is 2.00 bits per heavy atom. The van der Waals surface area contributed by atoms with Gasteiger partial charge < -0.3 is 19.6 Å². The van der Waals surface area contributed by atoms with Crippen LogP contribution in [0.5, 0.6) is 23.0 Å². The number of ether oxygens (including phenoxy) is 2. The summed E-state index contributed by atoms with van der Waals surface area (Å²) in [5, 5.41) is 12.5. The van der Waals surface area contributed by atoms with Gasteiger partial charge in [0, 0.05) is 54.7 Å². The van der Waals surface area contributed by atoms with Crippen LogP contribution in [0.2, 0.25) is 0 Å². The number of nitrogens with zero attached hydrogens (tertiary/aromatic N) is 1. The standard InChI is InChI=1S/C27H15BNO2.C15H28O2.Ir/c1-2-8-18-16-29-22(15-17(18)7-1)19-13-14-25-26-27(19)31-24-12-6-4-10-21(24)28(26)20-9-3-5-11-23(20)30-25;1-7-14(5,8-2)12(16)11-13(17)15(6,9-3)10-4;/h1-12,14-16H;11,16H,7-10H2,1-6H3;/q-1;;/b;12-11-;/i;11D;. The SMILES string of the molecule is [2H]/C(C(=O)C(C)(CC)CC)=C(/O)C(C)(CC)CC.[Ir].[c-]1cc2c3c(c1-c1cc4ccccc4cn1)Oc1ccccc1B3c1ccccc1O2. The van der Waals surface area contributed by atoms with Gasteiger partial charge in [-0.2, -0.15) is 0 Å². The summed E-state index contributed by atoms with van der Waals surface area (Å²) >= 11 is 0. The second-order valence-corrected chi connectivity index (χ2v) is 13.2. The van der Waals surface area contributed by atoms with E-state index in [-0.39, 0.29) is 44.4 Å². The molecule has 5 nitrogen and oxygen atoms in total. The van der Waals surface area contributed by atoms with Gasteiger partial charge in [-0.05, 0) is 65.2 Å². The monoisotopic (exact) mass is 830 g/mol. The molecular formula is C42H43BIrNO4-. The van der Waals surface area contributed by atoms with Crippen molar-refractivity contribution in [2.24, 2.45) is 10.8 Å². The quantitative estimate of drug-likeness (QED) is 0.0717. The Morgan fingerprint density at radius 2 is 1.39 bits per heavy atom. The number of carbonyl (C=O) groups is 1. The third kappa shape index (κ3) is 6.71. The van der Waals surface area contributed by atoms with Gasteiger partial charge in [0.25, 0.3) is 0 Å². The molecule has 0 fully saturated rings. The topological polar surface area (TPSA) is 68.7 Å².